The minimum Gasteiger partial charge on any atom is -0.434 e. The highest BCUT2D eigenvalue weighted by Crippen LogP contribution is 2.37. The third kappa shape index (κ3) is 8.56. The topological polar surface area (TPSA) is 186 Å². The molecule has 5 N–H and O–H groups in total. The lowest BCUT2D eigenvalue weighted by Gasteiger charge is -2.36. The van der Waals surface area contributed by atoms with E-state index in [1.807, 2.05) is 20.8 Å². The summed E-state index contributed by atoms with van der Waals surface area (Å²) in [5.74, 6) is 3.09. The summed E-state index contributed by atoms with van der Waals surface area (Å²) in [4.78, 5) is 79.5. The largest absolute Gasteiger partial charge is 0.508 e. The second-order valence-electron chi connectivity index (χ2n) is 15.1. The lowest BCUT2D eigenvalue weighted by molar-refractivity contribution is -0.144. The number of nitrogens with two attached hydrogens (primary N) is 1. The predicted molar refractivity (Wildman–Crippen MR) is 169 cm³/mol. The zero-order chi connectivity index (χ0) is 33.9. The molecule has 4 aliphatic carbocycles. The first kappa shape index (κ1) is 34.5. The number of hydrogen-bond donors (Lipinski definition) is 4. The van der Waals surface area contributed by atoms with Crippen LogP contribution < -0.4 is 21.7 Å². The molecule has 0 aromatic carbocycles. The molecule has 5 aliphatic rings. The Labute approximate surface area is 276 Å². The van der Waals surface area contributed by atoms with E-state index >= 15 is 0 Å². The molecule has 5 amide bonds. The Morgan fingerprint density at radius 2 is 1.57 bits per heavy atom. The van der Waals surface area contributed by atoms with Gasteiger partial charge in [-0.3, -0.25) is 19.2 Å². The van der Waals surface area contributed by atoms with Gasteiger partial charge >= 0.3 is 12.2 Å². The van der Waals surface area contributed by atoms with Crippen LogP contribution >= 0.6 is 0 Å². The van der Waals surface area contributed by atoms with E-state index in [0.29, 0.717) is 18.9 Å². The van der Waals surface area contributed by atoms with Gasteiger partial charge in [-0.15, -0.1) is 0 Å². The molecule has 13 heteroatoms. The van der Waals surface area contributed by atoms with Gasteiger partial charge in [-0.2, -0.15) is 0 Å². The monoisotopic (exact) mass is 655 g/mol. The average molecular weight is 656 g/mol. The number of ketones is 1. The minimum atomic E-state index is -1.12. The van der Waals surface area contributed by atoms with E-state index < -0.39 is 71.2 Å². The summed E-state index contributed by atoms with van der Waals surface area (Å²) in [5, 5.41) is 8.51. The van der Waals surface area contributed by atoms with Gasteiger partial charge in [-0.25, -0.2) is 9.59 Å². The van der Waals surface area contributed by atoms with Gasteiger partial charge in [-0.05, 0) is 55.3 Å². The van der Waals surface area contributed by atoms with E-state index in [4.69, 9.17) is 15.2 Å². The third-order valence-electron chi connectivity index (χ3n) is 10.3. The third-order valence-corrected chi connectivity index (χ3v) is 10.3. The summed E-state index contributed by atoms with van der Waals surface area (Å²) in [7, 11) is 0. The fourth-order valence-corrected chi connectivity index (χ4v) is 7.01. The molecule has 0 bridgehead atoms. The highest BCUT2D eigenvalue weighted by molar-refractivity contribution is 6.37. The molecule has 0 aromatic rings. The number of carbonyl (C=O) groups is 6. The molecule has 13 nitrogen and oxygen atoms in total. The maximum absolute atomic E-state index is 14.2. The Hall–Kier alpha value is -3.82. The second kappa shape index (κ2) is 14.5. The molecule has 1 heterocycles. The molecule has 1 saturated heterocycles. The van der Waals surface area contributed by atoms with Crippen LogP contribution in [0.3, 0.4) is 0 Å². The lowest BCUT2D eigenvalue weighted by atomic mass is 9.79. The van der Waals surface area contributed by atoms with Gasteiger partial charge in [0.2, 0.25) is 17.6 Å². The van der Waals surface area contributed by atoms with Crippen LogP contribution in [0.5, 0.6) is 0 Å². The molecule has 1 aliphatic heterocycles. The van der Waals surface area contributed by atoms with Gasteiger partial charge in [0.05, 0.1) is 30.5 Å². The molecule has 4 fully saturated rings. The van der Waals surface area contributed by atoms with Crippen molar-refractivity contribution in [3.8, 4) is 11.8 Å². The molecule has 3 saturated carbocycles. The van der Waals surface area contributed by atoms with Crippen molar-refractivity contribution in [3.05, 3.63) is 0 Å². The number of nitrogens with zero attached hydrogens (tertiary/aromatic N) is 1. The summed E-state index contributed by atoms with van der Waals surface area (Å²) in [5.41, 5.74) is 4.55. The van der Waals surface area contributed by atoms with Crippen molar-refractivity contribution < 1.29 is 38.2 Å². The molecule has 258 valence electrons. The number of fused-ring (bicyclic) bond motifs is 1. The predicted octanol–water partition coefficient (Wildman–Crippen LogP) is 2.01. The van der Waals surface area contributed by atoms with Gasteiger partial charge in [-0.1, -0.05) is 64.7 Å². The van der Waals surface area contributed by atoms with Crippen molar-refractivity contribution in [1.82, 2.24) is 20.9 Å². The molecule has 6 atom stereocenters. The van der Waals surface area contributed by atoms with Crippen molar-refractivity contribution in [2.24, 2.45) is 40.7 Å². The first-order valence-electron chi connectivity index (χ1n) is 17.1. The Kier molecular flexibility index (Phi) is 10.7. The average Bonchev–Trinajstić information content (AvgIpc) is 3.57. The van der Waals surface area contributed by atoms with E-state index in [1.165, 1.54) is 4.90 Å². The number of Topliss-reactive ketones (excluding diaryl/α,β-unsaturated/α-hetero) is 1. The number of likely N-dealkylation sites (tertiary alicyclic amines) is 1. The Morgan fingerprint density at radius 1 is 0.872 bits per heavy atom. The molecule has 0 spiro atoms. The number of urea groups is 1. The quantitative estimate of drug-likeness (QED) is 0.124. The summed E-state index contributed by atoms with van der Waals surface area (Å²) in [6, 6.07) is -4.14. The molecule has 47 heavy (non-hydrogen) atoms. The van der Waals surface area contributed by atoms with E-state index in [2.05, 4.69) is 27.8 Å². The van der Waals surface area contributed by atoms with Crippen molar-refractivity contribution in [3.63, 3.8) is 0 Å². The van der Waals surface area contributed by atoms with Crippen LogP contribution in [-0.4, -0.2) is 84.5 Å². The van der Waals surface area contributed by atoms with Gasteiger partial charge in [0.25, 0.3) is 5.91 Å². The minimum absolute atomic E-state index is 0.0448. The molecule has 0 radical (unpaired) electrons. The van der Waals surface area contributed by atoms with Crippen LogP contribution in [0.15, 0.2) is 0 Å². The van der Waals surface area contributed by atoms with Crippen LogP contribution in [0.25, 0.3) is 0 Å². The number of nitrogens with one attached hydrogen (secondary N) is 3. The molecular formula is C34H49N5O8. The smallest absolute Gasteiger partial charge is 0.434 e. The van der Waals surface area contributed by atoms with Crippen molar-refractivity contribution in [1.29, 1.82) is 0 Å². The van der Waals surface area contributed by atoms with Gasteiger partial charge in [0, 0.05) is 6.54 Å². The summed E-state index contributed by atoms with van der Waals surface area (Å²) >= 11 is 0. The van der Waals surface area contributed by atoms with Crippen molar-refractivity contribution in [2.75, 3.05) is 19.8 Å². The fraction of sp³-hybridized carbons (Fsp3) is 0.765. The SMILES string of the molecule is CC(C)(C)[C@H](NC(=O)N[C@H](COC(=O)OCC1CC1)C1CCCC1)C(=O)N1C[C@@H]2C#CC2C1C(=O)NC(CC1CCC1)C(=O)C(N)=O. The number of hydrogen-bond acceptors (Lipinski definition) is 8. The van der Waals surface area contributed by atoms with Crippen LogP contribution in [0, 0.1) is 46.8 Å². The van der Waals surface area contributed by atoms with Gasteiger partial charge in [0.15, 0.2) is 0 Å². The maximum atomic E-state index is 14.2. The molecule has 5 rings (SSSR count). The maximum Gasteiger partial charge on any atom is 0.508 e. The first-order chi connectivity index (χ1) is 22.3. The zero-order valence-electron chi connectivity index (χ0n) is 27.7. The highest BCUT2D eigenvalue weighted by atomic mass is 16.7. The first-order valence-corrected chi connectivity index (χ1v) is 17.1. The molecule has 0 aromatic heterocycles. The highest BCUT2D eigenvalue weighted by Gasteiger charge is 2.52. The van der Waals surface area contributed by atoms with E-state index in [1.54, 1.807) is 0 Å². The Morgan fingerprint density at radius 3 is 2.13 bits per heavy atom. The van der Waals surface area contributed by atoms with E-state index in [0.717, 1.165) is 57.8 Å². The Balaban J connectivity index is 1.25. The number of primary amides is 1. The summed E-state index contributed by atoms with van der Waals surface area (Å²) in [6.45, 7) is 5.94. The number of carbonyl (C=O) groups excluding carboxylic acids is 6. The van der Waals surface area contributed by atoms with Crippen molar-refractivity contribution in [2.45, 2.75) is 109 Å². The summed E-state index contributed by atoms with van der Waals surface area (Å²) < 4.78 is 10.6. The van der Waals surface area contributed by atoms with Gasteiger partial charge < -0.3 is 36.1 Å². The Bertz CT molecular complexity index is 1300. The van der Waals surface area contributed by atoms with Crippen LogP contribution in [-0.2, 0) is 28.7 Å². The van der Waals surface area contributed by atoms with Gasteiger partial charge in [0.1, 0.15) is 18.7 Å². The molecule has 3 unspecified atom stereocenters. The van der Waals surface area contributed by atoms with Crippen LogP contribution in [0.1, 0.15) is 85.0 Å². The van der Waals surface area contributed by atoms with Crippen LogP contribution in [0.2, 0.25) is 0 Å². The number of ether oxygens (including phenoxy) is 2. The molecular weight excluding hydrogens is 606 g/mol. The van der Waals surface area contributed by atoms with E-state index in [-0.39, 0.29) is 30.9 Å². The van der Waals surface area contributed by atoms with E-state index in [9.17, 15) is 28.8 Å². The summed E-state index contributed by atoms with van der Waals surface area (Å²) in [6.07, 6.45) is 8.24. The lowest BCUT2D eigenvalue weighted by Crippen LogP contribution is -2.61. The van der Waals surface area contributed by atoms with Crippen LogP contribution in [0.4, 0.5) is 9.59 Å². The normalized spacial score (nSPS) is 25.4. The fourth-order valence-electron chi connectivity index (χ4n) is 7.01. The number of amides is 5. The van der Waals surface area contributed by atoms with Crippen molar-refractivity contribution >= 4 is 35.7 Å². The zero-order valence-corrected chi connectivity index (χ0v) is 27.7. The second-order valence-corrected chi connectivity index (χ2v) is 15.1. The standard InChI is InChI=1S/C34H49N5O8/c1-34(2,3)28(38-32(44)37-25(21-9-4-5-10-21)18-47-33(45)46-17-20-11-12-20)31(43)39-16-22-13-14-23(22)26(39)30(42)36-24(27(40)29(35)41)15-19-7-6-8-19/h19-26,28H,4-12,15-18H2,1-3H3,(H2,35,41)(H,36,42)(H2,37,38,44)/t22-,23?,24?,25+,26?,28+/m0/s1. The number of rotatable bonds is 14.